The van der Waals surface area contributed by atoms with Gasteiger partial charge >= 0.3 is 0 Å². The summed E-state index contributed by atoms with van der Waals surface area (Å²) < 4.78 is 64.1. The summed E-state index contributed by atoms with van der Waals surface area (Å²) in [5, 5.41) is 0. The summed E-state index contributed by atoms with van der Waals surface area (Å²) in [6.07, 6.45) is 0.279. The predicted octanol–water partition coefficient (Wildman–Crippen LogP) is 5.47. The first kappa shape index (κ1) is 22.6. The van der Waals surface area contributed by atoms with E-state index in [1.165, 1.54) is 36.4 Å². The van der Waals surface area contributed by atoms with E-state index in [2.05, 4.69) is 0 Å². The van der Waals surface area contributed by atoms with Gasteiger partial charge in [0.2, 0.25) is 0 Å². The molecule has 4 nitrogen and oxygen atoms in total. The molecule has 0 spiro atoms. The summed E-state index contributed by atoms with van der Waals surface area (Å²) in [5.74, 6) is -0.858. The molecule has 32 heavy (non-hydrogen) atoms. The van der Waals surface area contributed by atoms with Crippen LogP contribution in [0.4, 0.5) is 8.78 Å². The molecule has 3 aromatic rings. The van der Waals surface area contributed by atoms with Crippen LogP contribution < -0.4 is 0 Å². The molecule has 1 aliphatic heterocycles. The van der Waals surface area contributed by atoms with E-state index < -0.39 is 27.6 Å². The molecule has 168 valence electrons. The lowest BCUT2D eigenvalue weighted by molar-refractivity contribution is 0.192. The summed E-state index contributed by atoms with van der Waals surface area (Å²) >= 11 is 0. The lowest BCUT2D eigenvalue weighted by Gasteiger charge is -2.19. The fraction of sp³-hybridized carbons (Fsp3) is 0.280. The van der Waals surface area contributed by atoms with E-state index in [4.69, 9.17) is 8.92 Å². The summed E-state index contributed by atoms with van der Waals surface area (Å²) in [6, 6.07) is 18.3. The van der Waals surface area contributed by atoms with Crippen LogP contribution >= 0.6 is 0 Å². The number of aryl methyl sites for hydroxylation is 1. The van der Waals surface area contributed by atoms with Crippen LogP contribution in [0.25, 0.3) is 0 Å². The van der Waals surface area contributed by atoms with Gasteiger partial charge in [0, 0.05) is 5.92 Å². The molecule has 0 aromatic heterocycles. The van der Waals surface area contributed by atoms with E-state index >= 15 is 0 Å². The van der Waals surface area contributed by atoms with E-state index in [0.29, 0.717) is 12.0 Å². The number of ether oxygens (including phenoxy) is 1. The Morgan fingerprint density at radius 2 is 1.50 bits per heavy atom. The van der Waals surface area contributed by atoms with Crippen molar-refractivity contribution in [1.29, 1.82) is 0 Å². The van der Waals surface area contributed by atoms with Gasteiger partial charge in [0.15, 0.2) is 0 Å². The highest BCUT2D eigenvalue weighted by atomic mass is 32.2. The minimum atomic E-state index is -4.02. The zero-order valence-electron chi connectivity index (χ0n) is 17.8. The van der Waals surface area contributed by atoms with Crippen molar-refractivity contribution in [3.8, 4) is 0 Å². The topological polar surface area (TPSA) is 55.9 Å². The van der Waals surface area contributed by atoms with Gasteiger partial charge in [-0.05, 0) is 60.9 Å². The fourth-order valence-electron chi connectivity index (χ4n) is 4.04. The molecule has 3 atom stereocenters. The molecule has 1 saturated heterocycles. The highest BCUT2D eigenvalue weighted by Crippen LogP contribution is 2.54. The van der Waals surface area contributed by atoms with Crippen LogP contribution in [0.1, 0.15) is 36.0 Å². The summed E-state index contributed by atoms with van der Waals surface area (Å²) in [7, 11) is -4.02. The molecule has 0 unspecified atom stereocenters. The normalized spacial score (nSPS) is 21.3. The van der Waals surface area contributed by atoms with E-state index in [0.717, 1.165) is 11.1 Å². The third kappa shape index (κ3) is 4.46. The minimum absolute atomic E-state index is 0.0557. The van der Waals surface area contributed by atoms with Gasteiger partial charge < -0.3 is 4.74 Å². The molecule has 7 heteroatoms. The van der Waals surface area contributed by atoms with E-state index in [1.807, 2.05) is 13.8 Å². The fourth-order valence-corrected chi connectivity index (χ4v) is 4.97. The van der Waals surface area contributed by atoms with Gasteiger partial charge in [-0.1, -0.05) is 48.9 Å². The standard InChI is InChI=1S/C25H24F2O4S/c1-3-23(18-6-10-20(26)11-7-18)24-25(31-24,19-8-12-21(27)13-9-19)16-30-32(28,29)22-14-4-17(2)5-15-22/h4-15,23-24H,3,16H2,1-2H3/t23-,24-,25-/m1/s1. The molecule has 3 aromatic carbocycles. The second kappa shape index (κ2) is 8.73. The highest BCUT2D eigenvalue weighted by Gasteiger charge is 2.61. The molecule has 0 saturated carbocycles. The average molecular weight is 459 g/mol. The number of benzene rings is 3. The number of epoxide rings is 1. The van der Waals surface area contributed by atoms with Crippen LogP contribution in [0, 0.1) is 18.6 Å². The van der Waals surface area contributed by atoms with Gasteiger partial charge in [-0.3, -0.25) is 4.18 Å². The second-order valence-electron chi connectivity index (χ2n) is 8.03. The number of hydrogen-bond acceptors (Lipinski definition) is 4. The van der Waals surface area contributed by atoms with Gasteiger partial charge in [0.25, 0.3) is 10.1 Å². The molecule has 1 heterocycles. The Labute approximate surface area is 186 Å². The molecule has 0 amide bonds. The molecule has 4 rings (SSSR count). The van der Waals surface area contributed by atoms with Gasteiger partial charge in [0.05, 0.1) is 4.90 Å². The maximum Gasteiger partial charge on any atom is 0.297 e. The third-order valence-corrected chi connectivity index (χ3v) is 7.19. The van der Waals surface area contributed by atoms with Crippen LogP contribution in [-0.2, 0) is 24.6 Å². The first-order chi connectivity index (χ1) is 15.2. The largest absolute Gasteiger partial charge is 0.358 e. The Bertz CT molecular complexity index is 1180. The molecule has 0 radical (unpaired) electrons. The molecule has 0 aliphatic carbocycles. The summed E-state index contributed by atoms with van der Waals surface area (Å²) in [6.45, 7) is 3.59. The van der Waals surface area contributed by atoms with Gasteiger partial charge in [-0.2, -0.15) is 8.42 Å². The van der Waals surface area contributed by atoms with Crippen molar-refractivity contribution in [3.63, 3.8) is 0 Å². The zero-order valence-corrected chi connectivity index (χ0v) is 18.6. The number of halogens is 2. The Morgan fingerprint density at radius 3 is 2.06 bits per heavy atom. The minimum Gasteiger partial charge on any atom is -0.358 e. The average Bonchev–Trinajstić information content (AvgIpc) is 3.50. The monoisotopic (exact) mass is 458 g/mol. The third-order valence-electron chi connectivity index (χ3n) is 5.91. The number of hydrogen-bond donors (Lipinski definition) is 0. The van der Waals surface area contributed by atoms with Gasteiger partial charge in [-0.25, -0.2) is 8.78 Å². The molecular weight excluding hydrogens is 434 g/mol. The quantitative estimate of drug-likeness (QED) is 0.332. The van der Waals surface area contributed by atoms with Crippen molar-refractivity contribution < 1.29 is 26.1 Å². The Hall–Kier alpha value is -2.61. The Balaban J connectivity index is 1.63. The Kier molecular flexibility index (Phi) is 6.16. The van der Waals surface area contributed by atoms with Crippen LogP contribution in [-0.4, -0.2) is 21.1 Å². The van der Waals surface area contributed by atoms with Crippen LogP contribution in [0.5, 0.6) is 0 Å². The van der Waals surface area contributed by atoms with Crippen LogP contribution in [0.15, 0.2) is 77.7 Å². The first-order valence-electron chi connectivity index (χ1n) is 10.4. The molecule has 0 N–H and O–H groups in total. The van der Waals surface area contributed by atoms with Crippen LogP contribution in [0.2, 0.25) is 0 Å². The van der Waals surface area contributed by atoms with Crippen molar-refractivity contribution in [3.05, 3.63) is 101 Å². The molecule has 0 bridgehead atoms. The lowest BCUT2D eigenvalue weighted by Crippen LogP contribution is -2.25. The van der Waals surface area contributed by atoms with Crippen molar-refractivity contribution in [2.24, 2.45) is 0 Å². The number of rotatable bonds is 8. The van der Waals surface area contributed by atoms with Crippen molar-refractivity contribution >= 4 is 10.1 Å². The summed E-state index contributed by atoms with van der Waals surface area (Å²) in [5.41, 5.74) is 1.39. The maximum atomic E-state index is 13.5. The van der Waals surface area contributed by atoms with E-state index in [9.17, 15) is 17.2 Å². The first-order valence-corrected chi connectivity index (χ1v) is 11.8. The van der Waals surface area contributed by atoms with Crippen molar-refractivity contribution in [2.75, 3.05) is 6.61 Å². The summed E-state index contributed by atoms with van der Waals surface area (Å²) in [4.78, 5) is 0.0557. The lowest BCUT2D eigenvalue weighted by atomic mass is 9.84. The SMILES string of the molecule is CC[C@H](c1ccc(F)cc1)[C@H]1O[C@]1(COS(=O)(=O)c1ccc(C)cc1)c1ccc(F)cc1. The van der Waals surface area contributed by atoms with Crippen molar-refractivity contribution in [2.45, 2.75) is 42.8 Å². The Morgan fingerprint density at radius 1 is 0.938 bits per heavy atom. The zero-order chi connectivity index (χ0) is 22.9. The molecule has 1 fully saturated rings. The predicted molar refractivity (Wildman–Crippen MR) is 117 cm³/mol. The van der Waals surface area contributed by atoms with E-state index in [1.54, 1.807) is 36.4 Å². The maximum absolute atomic E-state index is 13.5. The highest BCUT2D eigenvalue weighted by molar-refractivity contribution is 7.86. The van der Waals surface area contributed by atoms with Crippen molar-refractivity contribution in [1.82, 2.24) is 0 Å². The smallest absolute Gasteiger partial charge is 0.297 e. The molecular formula is C25H24F2O4S. The van der Waals surface area contributed by atoms with Crippen LogP contribution in [0.3, 0.4) is 0 Å². The van der Waals surface area contributed by atoms with Gasteiger partial charge in [-0.15, -0.1) is 0 Å². The van der Waals surface area contributed by atoms with E-state index in [-0.39, 0.29) is 23.2 Å². The van der Waals surface area contributed by atoms with Gasteiger partial charge in [0.1, 0.15) is 29.9 Å². The second-order valence-corrected chi connectivity index (χ2v) is 9.65. The molecule has 1 aliphatic rings.